The minimum atomic E-state index is 0.172. The molecule has 0 radical (unpaired) electrons. The van der Waals surface area contributed by atoms with Crippen LogP contribution in [-0.4, -0.2) is 23.8 Å². The summed E-state index contributed by atoms with van der Waals surface area (Å²) in [5.74, 6) is 0.768. The summed E-state index contributed by atoms with van der Waals surface area (Å²) < 4.78 is 0. The van der Waals surface area contributed by atoms with Gasteiger partial charge in [-0.05, 0) is 45.1 Å². The highest BCUT2D eigenvalue weighted by atomic mass is 16.3. The Morgan fingerprint density at radius 3 is 2.47 bits per heavy atom. The Kier molecular flexibility index (Phi) is 5.62. The lowest BCUT2D eigenvalue weighted by Gasteiger charge is -2.40. The van der Waals surface area contributed by atoms with Gasteiger partial charge in [0.1, 0.15) is 0 Å². The first-order valence-corrected chi connectivity index (χ1v) is 6.59. The first-order chi connectivity index (χ1) is 7.23. The van der Waals surface area contributed by atoms with Gasteiger partial charge in [-0.25, -0.2) is 0 Å². The minimum Gasteiger partial charge on any atom is -0.396 e. The molecule has 1 atom stereocenters. The van der Waals surface area contributed by atoms with E-state index in [1.165, 1.54) is 38.5 Å². The fourth-order valence-electron chi connectivity index (χ4n) is 2.82. The molecular formula is C13H27NO. The van der Waals surface area contributed by atoms with Crippen molar-refractivity contribution in [2.45, 2.75) is 64.3 Å². The van der Waals surface area contributed by atoms with E-state index in [0.717, 1.165) is 18.9 Å². The maximum absolute atomic E-state index is 9.19. The molecule has 2 N–H and O–H groups in total. The predicted molar refractivity (Wildman–Crippen MR) is 65.0 cm³/mol. The molecule has 0 aromatic rings. The standard InChI is InChI=1S/C13H27NO/c1-3-10-14-13(2,9-11-15)12-7-5-4-6-8-12/h12,14-15H,3-11H2,1-2H3. The lowest BCUT2D eigenvalue weighted by atomic mass is 9.74. The number of nitrogens with one attached hydrogen (secondary N) is 1. The van der Waals surface area contributed by atoms with Crippen molar-refractivity contribution in [3.05, 3.63) is 0 Å². The molecule has 0 saturated heterocycles. The number of aliphatic hydroxyl groups excluding tert-OH is 1. The molecule has 1 fully saturated rings. The third-order valence-electron chi connectivity index (χ3n) is 3.92. The monoisotopic (exact) mass is 213 g/mol. The number of hydrogen-bond acceptors (Lipinski definition) is 2. The van der Waals surface area contributed by atoms with Crippen LogP contribution in [0, 0.1) is 5.92 Å². The van der Waals surface area contributed by atoms with E-state index < -0.39 is 0 Å². The van der Waals surface area contributed by atoms with Crippen LogP contribution in [0.4, 0.5) is 0 Å². The predicted octanol–water partition coefficient (Wildman–Crippen LogP) is 2.71. The zero-order valence-corrected chi connectivity index (χ0v) is 10.4. The SMILES string of the molecule is CCCNC(C)(CCO)C1CCCCC1. The Labute approximate surface area is 94.5 Å². The minimum absolute atomic E-state index is 0.172. The van der Waals surface area contributed by atoms with Gasteiger partial charge >= 0.3 is 0 Å². The fourth-order valence-corrected chi connectivity index (χ4v) is 2.82. The summed E-state index contributed by atoms with van der Waals surface area (Å²) in [5.41, 5.74) is 0.172. The molecule has 2 heteroatoms. The highest BCUT2D eigenvalue weighted by Crippen LogP contribution is 2.34. The van der Waals surface area contributed by atoms with Crippen molar-refractivity contribution in [3.63, 3.8) is 0 Å². The molecule has 1 aliphatic carbocycles. The van der Waals surface area contributed by atoms with Gasteiger partial charge in [-0.2, -0.15) is 0 Å². The van der Waals surface area contributed by atoms with Crippen molar-refractivity contribution in [2.24, 2.45) is 5.92 Å². The zero-order valence-electron chi connectivity index (χ0n) is 10.4. The largest absolute Gasteiger partial charge is 0.396 e. The summed E-state index contributed by atoms with van der Waals surface area (Å²) in [4.78, 5) is 0. The van der Waals surface area contributed by atoms with E-state index in [9.17, 15) is 5.11 Å². The maximum atomic E-state index is 9.19. The molecule has 0 amide bonds. The first kappa shape index (κ1) is 13.0. The summed E-state index contributed by atoms with van der Waals surface area (Å²) in [6.45, 7) is 5.89. The van der Waals surface area contributed by atoms with E-state index in [-0.39, 0.29) is 5.54 Å². The topological polar surface area (TPSA) is 32.3 Å². The number of rotatable bonds is 6. The lowest BCUT2D eigenvalue weighted by molar-refractivity contribution is 0.134. The lowest BCUT2D eigenvalue weighted by Crippen LogP contribution is -2.50. The molecule has 90 valence electrons. The van der Waals surface area contributed by atoms with Crippen molar-refractivity contribution < 1.29 is 5.11 Å². The summed E-state index contributed by atoms with van der Waals surface area (Å²) in [7, 11) is 0. The smallest absolute Gasteiger partial charge is 0.0448 e. The van der Waals surface area contributed by atoms with E-state index >= 15 is 0 Å². The Bertz CT molecular complexity index is 166. The molecule has 1 rings (SSSR count). The van der Waals surface area contributed by atoms with E-state index in [1.54, 1.807) is 0 Å². The molecule has 15 heavy (non-hydrogen) atoms. The molecule has 2 nitrogen and oxygen atoms in total. The molecule has 0 aromatic carbocycles. The molecule has 0 aromatic heterocycles. The summed E-state index contributed by atoms with van der Waals surface area (Å²) in [6, 6.07) is 0. The van der Waals surface area contributed by atoms with E-state index in [0.29, 0.717) is 6.61 Å². The van der Waals surface area contributed by atoms with Gasteiger partial charge in [0, 0.05) is 12.1 Å². The third kappa shape index (κ3) is 3.76. The van der Waals surface area contributed by atoms with Crippen molar-refractivity contribution in [3.8, 4) is 0 Å². The van der Waals surface area contributed by atoms with Gasteiger partial charge in [-0.1, -0.05) is 26.2 Å². The summed E-state index contributed by atoms with van der Waals surface area (Å²) in [6.07, 6.45) is 8.91. The van der Waals surface area contributed by atoms with Gasteiger partial charge in [0.2, 0.25) is 0 Å². The molecule has 0 bridgehead atoms. The van der Waals surface area contributed by atoms with Gasteiger partial charge in [0.25, 0.3) is 0 Å². The van der Waals surface area contributed by atoms with Gasteiger partial charge in [-0.15, -0.1) is 0 Å². The highest BCUT2D eigenvalue weighted by molar-refractivity contribution is 4.91. The van der Waals surface area contributed by atoms with Crippen LogP contribution < -0.4 is 5.32 Å². The number of hydrogen-bond donors (Lipinski definition) is 2. The Hall–Kier alpha value is -0.0800. The molecular weight excluding hydrogens is 186 g/mol. The van der Waals surface area contributed by atoms with E-state index in [1.807, 2.05) is 0 Å². The average molecular weight is 213 g/mol. The third-order valence-corrected chi connectivity index (χ3v) is 3.92. The Morgan fingerprint density at radius 2 is 1.93 bits per heavy atom. The van der Waals surface area contributed by atoms with Gasteiger partial charge < -0.3 is 10.4 Å². The molecule has 0 aliphatic heterocycles. The van der Waals surface area contributed by atoms with Crippen molar-refractivity contribution in [1.82, 2.24) is 5.32 Å². The molecule has 1 saturated carbocycles. The second-order valence-electron chi connectivity index (χ2n) is 5.15. The average Bonchev–Trinajstić information content (AvgIpc) is 2.28. The normalized spacial score (nSPS) is 22.6. The van der Waals surface area contributed by atoms with Crippen molar-refractivity contribution >= 4 is 0 Å². The van der Waals surface area contributed by atoms with E-state index in [4.69, 9.17) is 0 Å². The van der Waals surface area contributed by atoms with Crippen LogP contribution in [0.15, 0.2) is 0 Å². The fraction of sp³-hybridized carbons (Fsp3) is 1.00. The van der Waals surface area contributed by atoms with Crippen LogP contribution in [0.5, 0.6) is 0 Å². The summed E-state index contributed by atoms with van der Waals surface area (Å²) >= 11 is 0. The van der Waals surface area contributed by atoms with Crippen LogP contribution in [0.3, 0.4) is 0 Å². The molecule has 0 heterocycles. The van der Waals surface area contributed by atoms with Gasteiger partial charge in [0.15, 0.2) is 0 Å². The van der Waals surface area contributed by atoms with Gasteiger partial charge in [0.05, 0.1) is 0 Å². The number of aliphatic hydroxyl groups is 1. The maximum Gasteiger partial charge on any atom is 0.0448 e. The Morgan fingerprint density at radius 1 is 1.27 bits per heavy atom. The van der Waals surface area contributed by atoms with Crippen molar-refractivity contribution in [1.29, 1.82) is 0 Å². The Balaban J connectivity index is 2.52. The van der Waals surface area contributed by atoms with Gasteiger partial charge in [-0.3, -0.25) is 0 Å². The second kappa shape index (κ2) is 6.49. The highest BCUT2D eigenvalue weighted by Gasteiger charge is 2.33. The quantitative estimate of drug-likeness (QED) is 0.711. The zero-order chi connectivity index (χ0) is 11.1. The van der Waals surface area contributed by atoms with Crippen molar-refractivity contribution in [2.75, 3.05) is 13.2 Å². The molecule has 1 unspecified atom stereocenters. The van der Waals surface area contributed by atoms with Crippen LogP contribution in [0.25, 0.3) is 0 Å². The molecule has 0 spiro atoms. The summed E-state index contributed by atoms with van der Waals surface area (Å²) in [5, 5.41) is 12.8. The van der Waals surface area contributed by atoms with E-state index in [2.05, 4.69) is 19.2 Å². The first-order valence-electron chi connectivity index (χ1n) is 6.59. The van der Waals surface area contributed by atoms with Crippen LogP contribution in [0.1, 0.15) is 58.8 Å². The van der Waals surface area contributed by atoms with Crippen LogP contribution in [-0.2, 0) is 0 Å². The van der Waals surface area contributed by atoms with Crippen LogP contribution >= 0.6 is 0 Å². The molecule has 1 aliphatic rings. The van der Waals surface area contributed by atoms with Crippen LogP contribution in [0.2, 0.25) is 0 Å². The second-order valence-corrected chi connectivity index (χ2v) is 5.15.